The van der Waals surface area contributed by atoms with Crippen LogP contribution < -0.4 is 5.32 Å². The van der Waals surface area contributed by atoms with Gasteiger partial charge in [-0.15, -0.1) is 0 Å². The molecule has 0 aliphatic heterocycles. The Labute approximate surface area is 122 Å². The Morgan fingerprint density at radius 2 is 1.82 bits per heavy atom. The van der Waals surface area contributed by atoms with Crippen LogP contribution in [0.3, 0.4) is 0 Å². The van der Waals surface area contributed by atoms with Gasteiger partial charge in [-0.1, -0.05) is 15.9 Å². The maximum Gasteiger partial charge on any atom is 0.101 e. The molecule has 0 radical (unpaired) electrons. The number of hydrogen-bond acceptors (Lipinski definition) is 2. The van der Waals surface area contributed by atoms with E-state index in [1.807, 2.05) is 36.4 Å². The van der Waals surface area contributed by atoms with Crippen LogP contribution in [0.15, 0.2) is 46.9 Å². The molecule has 4 heteroatoms. The number of nitrogens with one attached hydrogen (secondary N) is 1. The summed E-state index contributed by atoms with van der Waals surface area (Å²) in [6.45, 7) is 0. The Bertz CT molecular complexity index is 573. The van der Waals surface area contributed by atoms with Crippen molar-refractivity contribution in [2.45, 2.75) is 0 Å². The maximum absolute atomic E-state index is 9.02. The van der Waals surface area contributed by atoms with E-state index in [1.54, 1.807) is 6.07 Å². The molecule has 17 heavy (non-hydrogen) atoms. The number of nitriles is 1. The lowest BCUT2D eigenvalue weighted by Gasteiger charge is -2.08. The lowest BCUT2D eigenvalue weighted by molar-refractivity contribution is 1.45. The Kier molecular flexibility index (Phi) is 4.02. The summed E-state index contributed by atoms with van der Waals surface area (Å²) in [5, 5.41) is 12.3. The van der Waals surface area contributed by atoms with Crippen molar-refractivity contribution in [2.75, 3.05) is 5.32 Å². The second-order valence-electron chi connectivity index (χ2n) is 3.43. The van der Waals surface area contributed by atoms with Crippen molar-refractivity contribution < 1.29 is 0 Å². The van der Waals surface area contributed by atoms with E-state index < -0.39 is 0 Å². The summed E-state index contributed by atoms with van der Waals surface area (Å²) in [4.78, 5) is 0. The number of halogens is 2. The average Bonchev–Trinajstić information content (AvgIpc) is 2.32. The summed E-state index contributed by atoms with van der Waals surface area (Å²) in [5.41, 5.74) is 2.41. The number of anilines is 2. The van der Waals surface area contributed by atoms with Crippen LogP contribution in [0.25, 0.3) is 0 Å². The highest BCUT2D eigenvalue weighted by Crippen LogP contribution is 2.24. The molecule has 2 rings (SSSR count). The maximum atomic E-state index is 9.02. The summed E-state index contributed by atoms with van der Waals surface area (Å²) >= 11 is 5.66. The molecule has 0 atom stereocenters. The Morgan fingerprint density at radius 3 is 2.47 bits per heavy atom. The van der Waals surface area contributed by atoms with Crippen LogP contribution in [0.5, 0.6) is 0 Å². The largest absolute Gasteiger partial charge is 0.354 e. The highest BCUT2D eigenvalue weighted by molar-refractivity contribution is 14.1. The van der Waals surface area contributed by atoms with E-state index >= 15 is 0 Å². The van der Waals surface area contributed by atoms with E-state index in [9.17, 15) is 0 Å². The van der Waals surface area contributed by atoms with Crippen molar-refractivity contribution in [3.8, 4) is 6.07 Å². The molecule has 0 aliphatic carbocycles. The molecule has 0 aromatic heterocycles. The topological polar surface area (TPSA) is 35.8 Å². The fraction of sp³-hybridized carbons (Fsp3) is 0. The highest BCUT2D eigenvalue weighted by Gasteiger charge is 2.03. The lowest BCUT2D eigenvalue weighted by atomic mass is 10.2. The van der Waals surface area contributed by atoms with Crippen molar-refractivity contribution >= 4 is 49.9 Å². The minimum atomic E-state index is 0.631. The van der Waals surface area contributed by atoms with Gasteiger partial charge in [0.1, 0.15) is 6.07 Å². The fourth-order valence-electron chi connectivity index (χ4n) is 1.41. The summed E-state index contributed by atoms with van der Waals surface area (Å²) in [6, 6.07) is 15.7. The molecule has 0 saturated heterocycles. The van der Waals surface area contributed by atoms with E-state index in [0.29, 0.717) is 5.56 Å². The first-order valence-corrected chi connectivity index (χ1v) is 6.78. The first-order chi connectivity index (χ1) is 8.19. The molecule has 2 nitrogen and oxygen atoms in total. The van der Waals surface area contributed by atoms with Crippen LogP contribution in [0.2, 0.25) is 0 Å². The molecule has 0 saturated carbocycles. The van der Waals surface area contributed by atoms with Crippen molar-refractivity contribution in [2.24, 2.45) is 0 Å². The van der Waals surface area contributed by atoms with Crippen molar-refractivity contribution in [1.82, 2.24) is 0 Å². The third kappa shape index (κ3) is 3.20. The SMILES string of the molecule is N#Cc1ccc(Br)cc1Nc1ccc(I)cc1. The second kappa shape index (κ2) is 5.52. The number of benzene rings is 2. The smallest absolute Gasteiger partial charge is 0.101 e. The van der Waals surface area contributed by atoms with Gasteiger partial charge in [-0.2, -0.15) is 5.26 Å². The molecule has 0 unspecified atom stereocenters. The quantitative estimate of drug-likeness (QED) is 0.746. The summed E-state index contributed by atoms with van der Waals surface area (Å²) in [7, 11) is 0. The van der Waals surface area contributed by atoms with Crippen molar-refractivity contribution in [1.29, 1.82) is 5.26 Å². The molecule has 0 bridgehead atoms. The standard InChI is InChI=1S/C13H8BrIN2/c14-10-2-1-9(8-16)13(7-10)17-12-5-3-11(15)4-6-12/h1-7,17H. The van der Waals surface area contributed by atoms with Gasteiger partial charge >= 0.3 is 0 Å². The van der Waals surface area contributed by atoms with Crippen LogP contribution in [0.1, 0.15) is 5.56 Å². The molecule has 0 heterocycles. The van der Waals surface area contributed by atoms with Gasteiger partial charge in [0, 0.05) is 13.7 Å². The van der Waals surface area contributed by atoms with E-state index in [2.05, 4.69) is 49.9 Å². The molecule has 0 fully saturated rings. The fourth-order valence-corrected chi connectivity index (χ4v) is 2.13. The Hall–Kier alpha value is -1.06. The van der Waals surface area contributed by atoms with Gasteiger partial charge in [-0.25, -0.2) is 0 Å². The third-order valence-corrected chi connectivity index (χ3v) is 3.44. The molecule has 2 aromatic carbocycles. The van der Waals surface area contributed by atoms with Crippen molar-refractivity contribution in [3.05, 3.63) is 56.1 Å². The lowest BCUT2D eigenvalue weighted by Crippen LogP contribution is -1.93. The molecule has 1 N–H and O–H groups in total. The molecule has 2 aromatic rings. The van der Waals surface area contributed by atoms with Crippen LogP contribution in [0.4, 0.5) is 11.4 Å². The number of nitrogens with zero attached hydrogens (tertiary/aromatic N) is 1. The molecular formula is C13H8BrIN2. The van der Waals surface area contributed by atoms with Gasteiger partial charge in [0.2, 0.25) is 0 Å². The number of hydrogen-bond donors (Lipinski definition) is 1. The predicted octanol–water partition coefficient (Wildman–Crippen LogP) is 4.67. The van der Waals surface area contributed by atoms with E-state index in [4.69, 9.17) is 5.26 Å². The van der Waals surface area contributed by atoms with E-state index in [-0.39, 0.29) is 0 Å². The average molecular weight is 399 g/mol. The van der Waals surface area contributed by atoms with Crippen LogP contribution >= 0.6 is 38.5 Å². The predicted molar refractivity (Wildman–Crippen MR) is 81.3 cm³/mol. The van der Waals surface area contributed by atoms with Crippen LogP contribution in [-0.4, -0.2) is 0 Å². The van der Waals surface area contributed by atoms with Crippen molar-refractivity contribution in [3.63, 3.8) is 0 Å². The highest BCUT2D eigenvalue weighted by atomic mass is 127. The molecule has 0 amide bonds. The van der Waals surface area contributed by atoms with Gasteiger partial charge in [-0.3, -0.25) is 0 Å². The van der Waals surface area contributed by atoms with Gasteiger partial charge < -0.3 is 5.32 Å². The summed E-state index contributed by atoms with van der Waals surface area (Å²) in [6.07, 6.45) is 0. The minimum Gasteiger partial charge on any atom is -0.354 e. The molecular weight excluding hydrogens is 391 g/mol. The summed E-state index contributed by atoms with van der Waals surface area (Å²) < 4.78 is 2.13. The normalized spacial score (nSPS) is 9.71. The van der Waals surface area contributed by atoms with Gasteiger partial charge in [0.15, 0.2) is 0 Å². The zero-order chi connectivity index (χ0) is 12.3. The Morgan fingerprint density at radius 1 is 1.12 bits per heavy atom. The Balaban J connectivity index is 2.32. The van der Waals surface area contributed by atoms with E-state index in [0.717, 1.165) is 15.8 Å². The molecule has 0 aliphatic rings. The summed E-state index contributed by atoms with van der Waals surface area (Å²) in [5.74, 6) is 0. The van der Waals surface area contributed by atoms with Gasteiger partial charge in [0.25, 0.3) is 0 Å². The zero-order valence-corrected chi connectivity index (χ0v) is 12.5. The van der Waals surface area contributed by atoms with Gasteiger partial charge in [0.05, 0.1) is 11.3 Å². The monoisotopic (exact) mass is 398 g/mol. The zero-order valence-electron chi connectivity index (χ0n) is 8.74. The van der Waals surface area contributed by atoms with Gasteiger partial charge in [-0.05, 0) is 65.1 Å². The first kappa shape index (κ1) is 12.4. The first-order valence-electron chi connectivity index (χ1n) is 4.91. The molecule has 84 valence electrons. The van der Waals surface area contributed by atoms with Crippen LogP contribution in [-0.2, 0) is 0 Å². The third-order valence-electron chi connectivity index (χ3n) is 2.23. The second-order valence-corrected chi connectivity index (χ2v) is 5.59. The van der Waals surface area contributed by atoms with Crippen LogP contribution in [0, 0.1) is 14.9 Å². The minimum absolute atomic E-state index is 0.631. The van der Waals surface area contributed by atoms with E-state index in [1.165, 1.54) is 3.57 Å². The number of rotatable bonds is 2. The molecule has 0 spiro atoms.